The van der Waals surface area contributed by atoms with Crippen LogP contribution < -0.4 is 5.32 Å². The normalized spacial score (nSPS) is 11.1. The average molecular weight is 398 g/mol. The van der Waals surface area contributed by atoms with Gasteiger partial charge < -0.3 is 9.72 Å². The van der Waals surface area contributed by atoms with Gasteiger partial charge in [-0.25, -0.2) is 4.98 Å². The minimum atomic E-state index is -0.0452. The Morgan fingerprint density at radius 1 is 0.867 bits per heavy atom. The van der Waals surface area contributed by atoms with Crippen LogP contribution in [0, 0.1) is 34.6 Å². The first-order valence-electron chi connectivity index (χ1n) is 10.2. The van der Waals surface area contributed by atoms with Crippen LogP contribution in [-0.4, -0.2) is 15.3 Å². The highest BCUT2D eigenvalue weighted by molar-refractivity contribution is 5.94. The molecule has 0 aliphatic carbocycles. The monoisotopic (exact) mass is 397 g/mol. The van der Waals surface area contributed by atoms with E-state index in [4.69, 9.17) is 4.98 Å². The molecule has 0 unspecified atom stereocenters. The number of rotatable bonds is 4. The minimum Gasteiger partial charge on any atom is -0.326 e. The fourth-order valence-electron chi connectivity index (χ4n) is 3.70. The molecule has 152 valence electrons. The highest BCUT2D eigenvalue weighted by Crippen LogP contribution is 2.28. The zero-order chi connectivity index (χ0) is 21.4. The van der Waals surface area contributed by atoms with Crippen molar-refractivity contribution in [1.82, 2.24) is 9.38 Å². The lowest BCUT2D eigenvalue weighted by atomic mass is 10.0. The first kappa shape index (κ1) is 19.9. The average Bonchev–Trinajstić information content (AvgIpc) is 3.04. The molecular formula is C26H27N3O. The Labute approximate surface area is 177 Å². The number of carbonyl (C=O) groups is 1. The Morgan fingerprint density at radius 3 is 2.37 bits per heavy atom. The molecule has 2 aromatic carbocycles. The summed E-state index contributed by atoms with van der Waals surface area (Å²) in [4.78, 5) is 17.9. The number of hydrogen-bond acceptors (Lipinski definition) is 2. The number of nitrogens with zero attached hydrogens (tertiary/aromatic N) is 2. The molecule has 0 fully saturated rings. The van der Waals surface area contributed by atoms with E-state index in [0.29, 0.717) is 0 Å². The Morgan fingerprint density at radius 2 is 1.60 bits per heavy atom. The number of pyridine rings is 1. The molecule has 4 nitrogen and oxygen atoms in total. The van der Waals surface area contributed by atoms with Gasteiger partial charge in [0.2, 0.25) is 5.91 Å². The van der Waals surface area contributed by atoms with E-state index in [-0.39, 0.29) is 12.3 Å². The van der Waals surface area contributed by atoms with Crippen LogP contribution in [0.3, 0.4) is 0 Å². The zero-order valence-corrected chi connectivity index (χ0v) is 18.2. The van der Waals surface area contributed by atoms with Gasteiger partial charge in [0.25, 0.3) is 0 Å². The molecule has 0 spiro atoms. The Balaban J connectivity index is 1.75. The highest BCUT2D eigenvalue weighted by atomic mass is 16.1. The molecule has 30 heavy (non-hydrogen) atoms. The third-order valence-corrected chi connectivity index (χ3v) is 5.66. The predicted molar refractivity (Wildman–Crippen MR) is 123 cm³/mol. The fourth-order valence-corrected chi connectivity index (χ4v) is 3.70. The molecule has 1 amide bonds. The largest absolute Gasteiger partial charge is 0.326 e. The molecule has 0 aliphatic heterocycles. The van der Waals surface area contributed by atoms with Gasteiger partial charge in [-0.3, -0.25) is 4.79 Å². The van der Waals surface area contributed by atoms with Crippen molar-refractivity contribution in [3.8, 4) is 11.3 Å². The lowest BCUT2D eigenvalue weighted by molar-refractivity contribution is -0.115. The van der Waals surface area contributed by atoms with Gasteiger partial charge in [-0.1, -0.05) is 24.3 Å². The van der Waals surface area contributed by atoms with Crippen molar-refractivity contribution >= 4 is 17.2 Å². The Bertz CT molecular complexity index is 1270. The molecule has 4 heteroatoms. The summed E-state index contributed by atoms with van der Waals surface area (Å²) in [6.07, 6.45) is 2.25. The summed E-state index contributed by atoms with van der Waals surface area (Å²) in [6, 6.07) is 16.5. The predicted octanol–water partition coefficient (Wildman–Crippen LogP) is 5.72. The van der Waals surface area contributed by atoms with Crippen LogP contribution in [0.4, 0.5) is 5.69 Å². The Hall–Kier alpha value is -3.40. The summed E-state index contributed by atoms with van der Waals surface area (Å²) in [6.45, 7) is 10.3. The standard InChI is InChI=1S/C26H27N3O/c1-16-6-7-19(4)22(12-16)27-25(30)15-23-26(21-9-8-18(3)20(5)14-21)28-24-13-17(2)10-11-29(23)24/h6-14H,15H2,1-5H3,(H,27,30). The maximum absolute atomic E-state index is 13.0. The summed E-state index contributed by atoms with van der Waals surface area (Å²) in [5, 5.41) is 3.08. The van der Waals surface area contributed by atoms with Crippen LogP contribution in [0.1, 0.15) is 33.5 Å². The van der Waals surface area contributed by atoms with Crippen molar-refractivity contribution in [3.63, 3.8) is 0 Å². The molecular weight excluding hydrogens is 370 g/mol. The van der Waals surface area contributed by atoms with Crippen LogP contribution in [0.2, 0.25) is 0 Å². The summed E-state index contributed by atoms with van der Waals surface area (Å²) >= 11 is 0. The number of amides is 1. The molecule has 0 saturated heterocycles. The van der Waals surface area contributed by atoms with Crippen LogP contribution in [0.25, 0.3) is 16.9 Å². The molecule has 0 aliphatic rings. The molecule has 0 saturated carbocycles. The van der Waals surface area contributed by atoms with Gasteiger partial charge in [0.1, 0.15) is 5.65 Å². The van der Waals surface area contributed by atoms with Crippen molar-refractivity contribution in [2.24, 2.45) is 0 Å². The van der Waals surface area contributed by atoms with Gasteiger partial charge in [-0.15, -0.1) is 0 Å². The first-order valence-corrected chi connectivity index (χ1v) is 10.2. The quantitative estimate of drug-likeness (QED) is 0.478. The maximum Gasteiger partial charge on any atom is 0.230 e. The topological polar surface area (TPSA) is 46.4 Å². The number of benzene rings is 2. The molecule has 4 rings (SSSR count). The number of imidazole rings is 1. The van der Waals surface area contributed by atoms with Crippen LogP contribution in [-0.2, 0) is 11.2 Å². The lowest BCUT2D eigenvalue weighted by Crippen LogP contribution is -2.17. The molecule has 0 radical (unpaired) electrons. The Kier molecular flexibility index (Phi) is 5.17. The second-order valence-corrected chi connectivity index (χ2v) is 8.18. The summed E-state index contributed by atoms with van der Waals surface area (Å²) in [5.74, 6) is -0.0452. The molecule has 1 N–H and O–H groups in total. The van der Waals surface area contributed by atoms with E-state index in [1.54, 1.807) is 0 Å². The van der Waals surface area contributed by atoms with Crippen molar-refractivity contribution in [2.45, 2.75) is 41.0 Å². The van der Waals surface area contributed by atoms with E-state index in [1.165, 1.54) is 11.1 Å². The third kappa shape index (κ3) is 3.86. The SMILES string of the molecule is Cc1ccc(C)c(NC(=O)Cc2c(-c3ccc(C)c(C)c3)nc3cc(C)ccn23)c1. The van der Waals surface area contributed by atoms with Gasteiger partial charge >= 0.3 is 0 Å². The van der Waals surface area contributed by atoms with Crippen molar-refractivity contribution < 1.29 is 4.79 Å². The van der Waals surface area contributed by atoms with Crippen molar-refractivity contribution in [2.75, 3.05) is 5.32 Å². The third-order valence-electron chi connectivity index (χ3n) is 5.66. The summed E-state index contributed by atoms with van der Waals surface area (Å²) < 4.78 is 2.03. The second kappa shape index (κ2) is 7.79. The maximum atomic E-state index is 13.0. The minimum absolute atomic E-state index is 0.0452. The van der Waals surface area contributed by atoms with E-state index < -0.39 is 0 Å². The lowest BCUT2D eigenvalue weighted by Gasteiger charge is -2.11. The van der Waals surface area contributed by atoms with Crippen LogP contribution in [0.15, 0.2) is 54.7 Å². The number of fused-ring (bicyclic) bond motifs is 1. The molecule has 2 heterocycles. The summed E-state index contributed by atoms with van der Waals surface area (Å²) in [5.41, 5.74) is 10.3. The summed E-state index contributed by atoms with van der Waals surface area (Å²) in [7, 11) is 0. The number of aryl methyl sites for hydroxylation is 5. The molecule has 0 atom stereocenters. The van der Waals surface area contributed by atoms with Crippen molar-refractivity contribution in [3.05, 3.63) is 88.2 Å². The van der Waals surface area contributed by atoms with Crippen LogP contribution >= 0.6 is 0 Å². The number of aromatic nitrogens is 2. The van der Waals surface area contributed by atoms with Crippen LogP contribution in [0.5, 0.6) is 0 Å². The van der Waals surface area contributed by atoms with Crippen molar-refractivity contribution in [1.29, 1.82) is 0 Å². The van der Waals surface area contributed by atoms with E-state index >= 15 is 0 Å². The number of anilines is 1. The van der Waals surface area contributed by atoms with Gasteiger partial charge in [0.05, 0.1) is 17.8 Å². The van der Waals surface area contributed by atoms with E-state index in [1.807, 2.05) is 42.6 Å². The van der Waals surface area contributed by atoms with Gasteiger partial charge in [0.15, 0.2) is 0 Å². The molecule has 0 bridgehead atoms. The smallest absolute Gasteiger partial charge is 0.230 e. The fraction of sp³-hybridized carbons (Fsp3) is 0.231. The van der Waals surface area contributed by atoms with Gasteiger partial charge in [-0.2, -0.15) is 0 Å². The second-order valence-electron chi connectivity index (χ2n) is 8.18. The molecule has 4 aromatic rings. The van der Waals surface area contributed by atoms with Gasteiger partial charge in [0, 0.05) is 17.4 Å². The van der Waals surface area contributed by atoms with Gasteiger partial charge in [-0.05, 0) is 86.7 Å². The van der Waals surface area contributed by atoms with E-state index in [0.717, 1.165) is 45.0 Å². The van der Waals surface area contributed by atoms with E-state index in [9.17, 15) is 4.79 Å². The first-order chi connectivity index (χ1) is 14.3. The molecule has 2 aromatic heterocycles. The number of hydrogen-bond donors (Lipinski definition) is 1. The highest BCUT2D eigenvalue weighted by Gasteiger charge is 2.18. The number of nitrogens with one attached hydrogen (secondary N) is 1. The number of carbonyl (C=O) groups excluding carboxylic acids is 1. The van der Waals surface area contributed by atoms with E-state index in [2.05, 4.69) is 56.4 Å². The zero-order valence-electron chi connectivity index (χ0n) is 18.2.